The molecule has 0 aliphatic rings. The Morgan fingerprint density at radius 3 is 2.76 bits per heavy atom. The second kappa shape index (κ2) is 5.62. The molecule has 92 valence electrons. The summed E-state index contributed by atoms with van der Waals surface area (Å²) in [5, 5.41) is 8.64. The zero-order valence-corrected chi connectivity index (χ0v) is 11.8. The molecule has 1 unspecified atom stereocenters. The molecule has 3 nitrogen and oxygen atoms in total. The van der Waals surface area contributed by atoms with E-state index in [0.717, 1.165) is 17.9 Å². The minimum atomic E-state index is 0.314. The summed E-state index contributed by atoms with van der Waals surface area (Å²) in [7, 11) is 3.68. The SMILES string of the molecule is CNC(Cc1nc(C)cs1)c1cc(OC)cs1. The monoisotopic (exact) mass is 268 g/mol. The number of hydrogen-bond acceptors (Lipinski definition) is 5. The molecule has 2 aromatic rings. The maximum Gasteiger partial charge on any atom is 0.129 e. The summed E-state index contributed by atoms with van der Waals surface area (Å²) in [4.78, 5) is 5.79. The molecule has 0 aliphatic heterocycles. The van der Waals surface area contributed by atoms with Crippen molar-refractivity contribution in [1.82, 2.24) is 10.3 Å². The van der Waals surface area contributed by atoms with E-state index in [-0.39, 0.29) is 0 Å². The molecule has 5 heteroatoms. The second-order valence-electron chi connectivity index (χ2n) is 3.82. The summed E-state index contributed by atoms with van der Waals surface area (Å²) in [6.07, 6.45) is 0.929. The summed E-state index contributed by atoms with van der Waals surface area (Å²) < 4.78 is 5.21. The van der Waals surface area contributed by atoms with Gasteiger partial charge in [0.1, 0.15) is 5.75 Å². The van der Waals surface area contributed by atoms with Crippen LogP contribution in [-0.2, 0) is 6.42 Å². The van der Waals surface area contributed by atoms with Gasteiger partial charge in [0.15, 0.2) is 0 Å². The summed E-state index contributed by atoms with van der Waals surface area (Å²) in [5.41, 5.74) is 1.10. The lowest BCUT2D eigenvalue weighted by atomic mass is 10.2. The fraction of sp³-hybridized carbons (Fsp3) is 0.417. The van der Waals surface area contributed by atoms with Crippen molar-refractivity contribution in [2.45, 2.75) is 19.4 Å². The van der Waals surface area contributed by atoms with Crippen molar-refractivity contribution in [2.24, 2.45) is 0 Å². The molecule has 0 spiro atoms. The molecule has 2 aromatic heterocycles. The number of aryl methyl sites for hydroxylation is 1. The third-order valence-corrected chi connectivity index (χ3v) is 4.58. The number of nitrogens with zero attached hydrogens (tertiary/aromatic N) is 1. The molecule has 0 saturated heterocycles. The van der Waals surface area contributed by atoms with Gasteiger partial charge in [-0.25, -0.2) is 4.98 Å². The van der Waals surface area contributed by atoms with Crippen LogP contribution >= 0.6 is 22.7 Å². The zero-order valence-electron chi connectivity index (χ0n) is 10.2. The minimum Gasteiger partial charge on any atom is -0.496 e. The van der Waals surface area contributed by atoms with Gasteiger partial charge in [0.2, 0.25) is 0 Å². The number of methoxy groups -OCH3 is 1. The summed E-state index contributed by atoms with van der Waals surface area (Å²) >= 11 is 3.44. The second-order valence-corrected chi connectivity index (χ2v) is 5.70. The number of thiophene rings is 1. The summed E-state index contributed by atoms with van der Waals surface area (Å²) in [6.45, 7) is 2.03. The normalized spacial score (nSPS) is 12.6. The summed E-state index contributed by atoms with van der Waals surface area (Å²) in [6, 6.07) is 2.40. The Balaban J connectivity index is 2.10. The Kier molecular flexibility index (Phi) is 4.15. The molecule has 2 heterocycles. The van der Waals surface area contributed by atoms with E-state index >= 15 is 0 Å². The van der Waals surface area contributed by atoms with Crippen molar-refractivity contribution >= 4 is 22.7 Å². The largest absolute Gasteiger partial charge is 0.496 e. The van der Waals surface area contributed by atoms with E-state index < -0.39 is 0 Å². The van der Waals surface area contributed by atoms with Gasteiger partial charge in [-0.15, -0.1) is 22.7 Å². The lowest BCUT2D eigenvalue weighted by Crippen LogP contribution is -2.17. The van der Waals surface area contributed by atoms with E-state index in [1.54, 1.807) is 29.8 Å². The van der Waals surface area contributed by atoms with Gasteiger partial charge >= 0.3 is 0 Å². The van der Waals surface area contributed by atoms with Crippen LogP contribution in [0.5, 0.6) is 5.75 Å². The highest BCUT2D eigenvalue weighted by Gasteiger charge is 2.14. The molecule has 17 heavy (non-hydrogen) atoms. The lowest BCUT2D eigenvalue weighted by molar-refractivity contribution is 0.416. The van der Waals surface area contributed by atoms with Crippen LogP contribution in [0.4, 0.5) is 0 Å². The van der Waals surface area contributed by atoms with Gasteiger partial charge in [-0.1, -0.05) is 0 Å². The van der Waals surface area contributed by atoms with Gasteiger partial charge in [-0.3, -0.25) is 0 Å². The highest BCUT2D eigenvalue weighted by atomic mass is 32.1. The standard InChI is InChI=1S/C12H16N2OS2/c1-8-6-17-12(14-8)5-10(13-2)11-4-9(15-3)7-16-11/h4,6-7,10,13H,5H2,1-3H3. The van der Waals surface area contributed by atoms with E-state index in [0.29, 0.717) is 6.04 Å². The van der Waals surface area contributed by atoms with Crippen molar-refractivity contribution < 1.29 is 4.74 Å². The molecule has 0 bridgehead atoms. The van der Waals surface area contributed by atoms with Crippen LogP contribution in [0.2, 0.25) is 0 Å². The summed E-state index contributed by atoms with van der Waals surface area (Å²) in [5.74, 6) is 0.931. The van der Waals surface area contributed by atoms with Gasteiger partial charge < -0.3 is 10.1 Å². The molecule has 2 rings (SSSR count). The Bertz CT molecular complexity index is 478. The molecule has 0 saturated carbocycles. The van der Waals surface area contributed by atoms with Crippen LogP contribution in [0.15, 0.2) is 16.8 Å². The van der Waals surface area contributed by atoms with Crippen molar-refractivity contribution in [3.05, 3.63) is 32.4 Å². The number of hydrogen-bond donors (Lipinski definition) is 1. The molecule has 1 atom stereocenters. The number of nitrogens with one attached hydrogen (secondary N) is 1. The highest BCUT2D eigenvalue weighted by molar-refractivity contribution is 7.10. The Hall–Kier alpha value is -0.910. The number of ether oxygens (including phenoxy) is 1. The van der Waals surface area contributed by atoms with Gasteiger partial charge in [0.05, 0.1) is 12.1 Å². The Morgan fingerprint density at radius 2 is 2.24 bits per heavy atom. The van der Waals surface area contributed by atoms with Gasteiger partial charge in [-0.2, -0.15) is 0 Å². The van der Waals surface area contributed by atoms with Crippen LogP contribution in [0.1, 0.15) is 21.6 Å². The smallest absolute Gasteiger partial charge is 0.129 e. The van der Waals surface area contributed by atoms with Crippen LogP contribution in [0, 0.1) is 6.92 Å². The predicted octanol–water partition coefficient (Wildman–Crippen LogP) is 3.02. The van der Waals surface area contributed by atoms with Crippen LogP contribution in [0.3, 0.4) is 0 Å². The molecule has 0 aliphatic carbocycles. The quantitative estimate of drug-likeness (QED) is 0.905. The highest BCUT2D eigenvalue weighted by Crippen LogP contribution is 2.29. The number of likely N-dealkylation sites (N-methyl/N-ethyl adjacent to an activating group) is 1. The first-order chi connectivity index (χ1) is 8.22. The Labute approximate surface area is 109 Å². The van der Waals surface area contributed by atoms with Crippen LogP contribution in [-0.4, -0.2) is 19.1 Å². The molecule has 1 N–H and O–H groups in total. The first-order valence-electron chi connectivity index (χ1n) is 5.43. The van der Waals surface area contributed by atoms with E-state index in [2.05, 4.69) is 21.7 Å². The minimum absolute atomic E-state index is 0.314. The van der Waals surface area contributed by atoms with Crippen LogP contribution < -0.4 is 10.1 Å². The molecule has 0 aromatic carbocycles. The van der Waals surface area contributed by atoms with Crippen molar-refractivity contribution in [3.63, 3.8) is 0 Å². The fourth-order valence-electron chi connectivity index (χ4n) is 1.64. The van der Waals surface area contributed by atoms with E-state index in [1.807, 2.05) is 19.4 Å². The molecular weight excluding hydrogens is 252 g/mol. The lowest BCUT2D eigenvalue weighted by Gasteiger charge is -2.12. The third kappa shape index (κ3) is 3.06. The topological polar surface area (TPSA) is 34.2 Å². The van der Waals surface area contributed by atoms with E-state index in [1.165, 1.54) is 9.88 Å². The van der Waals surface area contributed by atoms with Gasteiger partial charge in [0.25, 0.3) is 0 Å². The number of rotatable bonds is 5. The molecule has 0 radical (unpaired) electrons. The Morgan fingerprint density at radius 1 is 1.41 bits per heavy atom. The zero-order chi connectivity index (χ0) is 12.3. The average molecular weight is 268 g/mol. The maximum absolute atomic E-state index is 5.21. The third-order valence-electron chi connectivity index (χ3n) is 2.57. The van der Waals surface area contributed by atoms with Crippen molar-refractivity contribution in [1.29, 1.82) is 0 Å². The first kappa shape index (κ1) is 12.5. The van der Waals surface area contributed by atoms with Crippen molar-refractivity contribution in [3.8, 4) is 5.75 Å². The predicted molar refractivity (Wildman–Crippen MR) is 73.2 cm³/mol. The van der Waals surface area contributed by atoms with E-state index in [9.17, 15) is 0 Å². The average Bonchev–Trinajstić information content (AvgIpc) is 2.94. The first-order valence-corrected chi connectivity index (χ1v) is 7.19. The van der Waals surface area contributed by atoms with E-state index in [4.69, 9.17) is 4.74 Å². The van der Waals surface area contributed by atoms with Crippen LogP contribution in [0.25, 0.3) is 0 Å². The van der Waals surface area contributed by atoms with Gasteiger partial charge in [-0.05, 0) is 20.0 Å². The molecular formula is C12H16N2OS2. The molecule has 0 amide bonds. The van der Waals surface area contributed by atoms with Crippen molar-refractivity contribution in [2.75, 3.05) is 14.2 Å². The maximum atomic E-state index is 5.21. The van der Waals surface area contributed by atoms with Gasteiger partial charge in [0, 0.05) is 33.8 Å². The molecule has 0 fully saturated rings. The fourth-order valence-corrected chi connectivity index (χ4v) is 3.43. The number of aromatic nitrogens is 1. The number of thiazole rings is 1.